The van der Waals surface area contributed by atoms with E-state index in [1.165, 1.54) is 0 Å². The van der Waals surface area contributed by atoms with Crippen molar-refractivity contribution in [2.24, 2.45) is 5.41 Å². The summed E-state index contributed by atoms with van der Waals surface area (Å²) in [5, 5.41) is 0.557. The first-order valence-electron chi connectivity index (χ1n) is 12.1. The molecule has 0 N–H and O–H groups in total. The Labute approximate surface area is 214 Å². The van der Waals surface area contributed by atoms with Crippen LogP contribution in [0.3, 0.4) is 0 Å². The molecule has 0 bridgehead atoms. The molecule has 4 rings (SSSR count). The summed E-state index contributed by atoms with van der Waals surface area (Å²) < 4.78 is 10.9. The molecule has 0 spiro atoms. The van der Waals surface area contributed by atoms with Crippen LogP contribution < -0.4 is 10.4 Å². The largest absolute Gasteiger partial charge is 0.426 e. The van der Waals surface area contributed by atoms with Gasteiger partial charge in [0.05, 0.1) is 6.42 Å². The summed E-state index contributed by atoms with van der Waals surface area (Å²) >= 11 is 6.43. The third-order valence-electron chi connectivity index (χ3n) is 6.83. The Hall–Kier alpha value is -3.19. The number of carbonyl (C=O) groups is 3. The highest BCUT2D eigenvalue weighted by Crippen LogP contribution is 2.41. The van der Waals surface area contributed by atoms with Crippen molar-refractivity contribution in [2.75, 3.05) is 13.1 Å². The van der Waals surface area contributed by atoms with E-state index in [1.54, 1.807) is 45.0 Å². The lowest BCUT2D eigenvalue weighted by atomic mass is 9.73. The second kappa shape index (κ2) is 9.69. The Morgan fingerprint density at radius 2 is 1.78 bits per heavy atom. The quantitative estimate of drug-likeness (QED) is 0.226. The molecule has 36 heavy (non-hydrogen) atoms. The van der Waals surface area contributed by atoms with Crippen molar-refractivity contribution in [1.82, 2.24) is 4.90 Å². The summed E-state index contributed by atoms with van der Waals surface area (Å²) in [7, 11) is 0. The van der Waals surface area contributed by atoms with Gasteiger partial charge < -0.3 is 14.1 Å². The fourth-order valence-electron chi connectivity index (χ4n) is 5.02. The number of carbonyl (C=O) groups excluding carboxylic acids is 3. The van der Waals surface area contributed by atoms with Crippen molar-refractivity contribution in [3.63, 3.8) is 0 Å². The smallest absolute Gasteiger partial charge is 0.339 e. The number of ether oxygens (including phenoxy) is 1. The van der Waals surface area contributed by atoms with Crippen molar-refractivity contribution in [2.45, 2.75) is 59.8 Å². The highest BCUT2D eigenvalue weighted by Gasteiger charge is 2.42. The molecule has 1 saturated heterocycles. The number of esters is 1. The molecule has 190 valence electrons. The van der Waals surface area contributed by atoms with E-state index in [4.69, 9.17) is 20.8 Å². The molecule has 2 aromatic rings. The molecule has 2 aliphatic rings. The Kier molecular flexibility index (Phi) is 6.97. The summed E-state index contributed by atoms with van der Waals surface area (Å²) in [6, 6.07) is 6.50. The predicted octanol–water partition coefficient (Wildman–Crippen LogP) is 5.25. The minimum atomic E-state index is -0.987. The molecule has 1 aromatic carbocycles. The standard InChI is InChI=1S/C28H30ClNO6/c1-15(2)19-13-17-12-18(8-9-20(17)36-27(19)34)35-21(31)14-28(4,5)22-16(3)25(32)24(23(29)26(22)33)30-10-6-7-11-30/h8-9,12-13,15H,6-7,10-11,14H2,1-5H3. The van der Waals surface area contributed by atoms with Crippen molar-refractivity contribution in [1.29, 1.82) is 0 Å². The summed E-state index contributed by atoms with van der Waals surface area (Å²) in [6.45, 7) is 10.3. The molecular weight excluding hydrogens is 482 g/mol. The average molecular weight is 512 g/mol. The number of fused-ring (bicyclic) bond motifs is 1. The Bertz CT molecular complexity index is 1390. The summed E-state index contributed by atoms with van der Waals surface area (Å²) in [5.41, 5.74) is 0.367. The number of hydrogen-bond acceptors (Lipinski definition) is 7. The van der Waals surface area contributed by atoms with Gasteiger partial charge in [0.25, 0.3) is 0 Å². The number of Topliss-reactive ketones (excluding diaryl/α,β-unsaturated/α-hetero) is 2. The van der Waals surface area contributed by atoms with Crippen LogP contribution in [0.15, 0.2) is 55.4 Å². The van der Waals surface area contributed by atoms with Gasteiger partial charge in [0, 0.05) is 40.6 Å². The van der Waals surface area contributed by atoms with E-state index in [9.17, 15) is 19.2 Å². The number of ketones is 2. The highest BCUT2D eigenvalue weighted by molar-refractivity contribution is 6.49. The molecule has 7 nitrogen and oxygen atoms in total. The maximum Gasteiger partial charge on any atom is 0.339 e. The van der Waals surface area contributed by atoms with Crippen LogP contribution in [-0.4, -0.2) is 35.5 Å². The van der Waals surface area contributed by atoms with E-state index in [0.717, 1.165) is 12.8 Å². The summed E-state index contributed by atoms with van der Waals surface area (Å²) in [5.74, 6) is -0.980. The zero-order valence-corrected chi connectivity index (χ0v) is 22.0. The lowest BCUT2D eigenvalue weighted by molar-refractivity contribution is -0.136. The minimum absolute atomic E-state index is 0.0169. The maximum absolute atomic E-state index is 13.3. The SMILES string of the molecule is CC1=C(C(C)(C)CC(=O)Oc2ccc3oc(=O)c(C(C)C)cc3c2)C(=O)C(Cl)=C(N2CCCC2)C1=O. The van der Waals surface area contributed by atoms with Crippen LogP contribution in [0.5, 0.6) is 5.75 Å². The van der Waals surface area contributed by atoms with Crippen LogP contribution in [0.1, 0.15) is 65.4 Å². The zero-order valence-electron chi connectivity index (χ0n) is 21.2. The van der Waals surface area contributed by atoms with Crippen molar-refractivity contribution >= 4 is 40.1 Å². The van der Waals surface area contributed by atoms with E-state index in [-0.39, 0.29) is 45.8 Å². The highest BCUT2D eigenvalue weighted by atomic mass is 35.5. The predicted molar refractivity (Wildman–Crippen MR) is 137 cm³/mol. The molecule has 0 saturated carbocycles. The molecular formula is C28H30ClNO6. The fraction of sp³-hybridized carbons (Fsp3) is 0.429. The molecule has 0 radical (unpaired) electrons. The van der Waals surface area contributed by atoms with Gasteiger partial charge in [0.2, 0.25) is 11.6 Å². The van der Waals surface area contributed by atoms with Gasteiger partial charge in [-0.25, -0.2) is 4.79 Å². The molecule has 1 aliphatic heterocycles. The third-order valence-corrected chi connectivity index (χ3v) is 7.19. The van der Waals surface area contributed by atoms with Gasteiger partial charge in [-0.3, -0.25) is 14.4 Å². The number of hydrogen-bond donors (Lipinski definition) is 0. The maximum atomic E-state index is 13.3. The Morgan fingerprint density at radius 1 is 1.11 bits per heavy atom. The summed E-state index contributed by atoms with van der Waals surface area (Å²) in [4.78, 5) is 53.4. The van der Waals surface area contributed by atoms with Crippen LogP contribution in [0, 0.1) is 5.41 Å². The van der Waals surface area contributed by atoms with Gasteiger partial charge in [-0.15, -0.1) is 0 Å². The van der Waals surface area contributed by atoms with Gasteiger partial charge in [0.15, 0.2) is 0 Å². The molecule has 1 fully saturated rings. The van der Waals surface area contributed by atoms with Crippen LogP contribution in [0.25, 0.3) is 11.0 Å². The van der Waals surface area contributed by atoms with Crippen molar-refractivity contribution < 1.29 is 23.5 Å². The van der Waals surface area contributed by atoms with Crippen molar-refractivity contribution in [3.8, 4) is 5.75 Å². The number of nitrogens with zero attached hydrogens (tertiary/aromatic N) is 1. The second-order valence-electron chi connectivity index (χ2n) is 10.4. The van der Waals surface area contributed by atoms with Gasteiger partial charge >= 0.3 is 11.6 Å². The first-order valence-corrected chi connectivity index (χ1v) is 12.5. The van der Waals surface area contributed by atoms with Gasteiger partial charge in [-0.1, -0.05) is 39.3 Å². The van der Waals surface area contributed by atoms with E-state index in [2.05, 4.69) is 0 Å². The number of benzene rings is 1. The molecule has 8 heteroatoms. The number of allylic oxidation sites excluding steroid dienone is 3. The van der Waals surface area contributed by atoms with Gasteiger partial charge in [0.1, 0.15) is 22.1 Å². The third kappa shape index (κ3) is 4.76. The lowest BCUT2D eigenvalue weighted by Gasteiger charge is -2.33. The summed E-state index contributed by atoms with van der Waals surface area (Å²) in [6.07, 6.45) is 1.75. The monoisotopic (exact) mass is 511 g/mol. The number of halogens is 1. The first kappa shape index (κ1) is 25.9. The molecule has 2 heterocycles. The normalized spacial score (nSPS) is 17.1. The Morgan fingerprint density at radius 3 is 2.42 bits per heavy atom. The lowest BCUT2D eigenvalue weighted by Crippen LogP contribution is -2.36. The Balaban J connectivity index is 1.55. The van der Waals surface area contributed by atoms with Crippen LogP contribution in [0.4, 0.5) is 0 Å². The van der Waals surface area contributed by atoms with Crippen LogP contribution in [-0.2, 0) is 14.4 Å². The molecule has 1 aromatic heterocycles. The van der Waals surface area contributed by atoms with Crippen molar-refractivity contribution in [3.05, 3.63) is 62.1 Å². The average Bonchev–Trinajstić information content (AvgIpc) is 3.31. The second-order valence-corrected chi connectivity index (χ2v) is 10.8. The number of likely N-dealkylation sites (tertiary alicyclic amines) is 1. The molecule has 1 aliphatic carbocycles. The topological polar surface area (TPSA) is 93.9 Å². The van der Waals surface area contributed by atoms with Gasteiger partial charge in [-0.2, -0.15) is 0 Å². The first-order chi connectivity index (χ1) is 16.9. The fourth-order valence-corrected chi connectivity index (χ4v) is 5.32. The zero-order chi connectivity index (χ0) is 26.4. The van der Waals surface area contributed by atoms with E-state index < -0.39 is 17.2 Å². The van der Waals surface area contributed by atoms with Crippen LogP contribution >= 0.6 is 11.6 Å². The van der Waals surface area contributed by atoms with Crippen LogP contribution in [0.2, 0.25) is 0 Å². The minimum Gasteiger partial charge on any atom is -0.426 e. The molecule has 0 atom stereocenters. The van der Waals surface area contributed by atoms with Gasteiger partial charge in [-0.05, 0) is 49.9 Å². The number of rotatable bonds is 6. The molecule has 0 amide bonds. The van der Waals surface area contributed by atoms with E-state index in [1.807, 2.05) is 18.7 Å². The van der Waals surface area contributed by atoms with E-state index in [0.29, 0.717) is 35.2 Å². The molecule has 0 unspecified atom stereocenters. The van der Waals surface area contributed by atoms with E-state index >= 15 is 0 Å².